The monoisotopic (exact) mass is 679 g/mol. The number of hydrogen-bond donors (Lipinski definition) is 2. The highest BCUT2D eigenvalue weighted by Crippen LogP contribution is 2.59. The number of aliphatic hydroxyl groups is 1. The molecule has 2 aromatic carbocycles. The fourth-order valence-corrected chi connectivity index (χ4v) is 7.52. The number of methoxy groups -OCH3 is 1. The van der Waals surface area contributed by atoms with Gasteiger partial charge >= 0.3 is 5.97 Å². The zero-order valence-corrected chi connectivity index (χ0v) is 27.7. The summed E-state index contributed by atoms with van der Waals surface area (Å²) >= 11 is 6.11. The average Bonchev–Trinajstić information content (AvgIpc) is 3.73. The predicted octanol–water partition coefficient (Wildman–Crippen LogP) is 3.61. The number of nitrogens with one attached hydrogen (secondary N) is 1. The van der Waals surface area contributed by atoms with Crippen molar-refractivity contribution >= 4 is 41.0 Å². The molecule has 0 radical (unpaired) electrons. The highest BCUT2D eigenvalue weighted by molar-refractivity contribution is 6.30. The molecule has 5 rings (SSSR count). The van der Waals surface area contributed by atoms with Crippen molar-refractivity contribution in [2.24, 2.45) is 11.8 Å². The first-order chi connectivity index (χ1) is 23.2. The van der Waals surface area contributed by atoms with Gasteiger partial charge in [0.1, 0.15) is 17.7 Å². The molecule has 256 valence electrons. The number of rotatable bonds is 16. The minimum absolute atomic E-state index is 0.0499. The zero-order chi connectivity index (χ0) is 34.4. The molecular formula is C36H42ClN3O8. The van der Waals surface area contributed by atoms with Crippen LogP contribution in [-0.2, 0) is 33.4 Å². The number of aliphatic hydroxyl groups excluding tert-OH is 1. The van der Waals surface area contributed by atoms with Crippen LogP contribution in [-0.4, -0.2) is 90.9 Å². The SMILES string of the molecule is C=CCCC(=O)N[C@H](COC)[C@H](OC(=O)[C@@H]1[C@@H]2CC[C@]3(O2)[C@H](C(=O)N(CC=C)c2ccc(Cl)cc2)N(CCO)C(=O)[C@@H]13)c1ccccc1. The first-order valence-electron chi connectivity index (χ1n) is 16.1. The van der Waals surface area contributed by atoms with Crippen molar-refractivity contribution in [1.29, 1.82) is 0 Å². The molecule has 0 aliphatic carbocycles. The van der Waals surface area contributed by atoms with E-state index < -0.39 is 59.5 Å². The van der Waals surface area contributed by atoms with Crippen LogP contribution in [0.4, 0.5) is 5.69 Å². The number of amides is 3. The minimum atomic E-state index is -1.31. The van der Waals surface area contributed by atoms with Crippen molar-refractivity contribution < 1.29 is 38.5 Å². The van der Waals surface area contributed by atoms with Crippen molar-refractivity contribution in [3.8, 4) is 0 Å². The van der Waals surface area contributed by atoms with Crippen LogP contribution in [0.3, 0.4) is 0 Å². The van der Waals surface area contributed by atoms with Crippen molar-refractivity contribution in [2.75, 3.05) is 38.3 Å². The average molecular weight is 680 g/mol. The molecule has 2 bridgehead atoms. The number of fused-ring (bicyclic) bond motifs is 1. The van der Waals surface area contributed by atoms with Gasteiger partial charge in [0.05, 0.1) is 37.2 Å². The van der Waals surface area contributed by atoms with Gasteiger partial charge in [-0.25, -0.2) is 0 Å². The lowest BCUT2D eigenvalue weighted by atomic mass is 9.70. The van der Waals surface area contributed by atoms with Crippen molar-refractivity contribution in [2.45, 2.75) is 55.6 Å². The highest BCUT2D eigenvalue weighted by atomic mass is 35.5. The van der Waals surface area contributed by atoms with Gasteiger partial charge in [-0.15, -0.1) is 13.2 Å². The number of hydrogen-bond acceptors (Lipinski definition) is 8. The van der Waals surface area contributed by atoms with Gasteiger partial charge in [0.2, 0.25) is 11.8 Å². The number of likely N-dealkylation sites (tertiary alicyclic amines) is 1. The third-order valence-electron chi connectivity index (χ3n) is 9.37. The molecule has 1 spiro atoms. The topological polar surface area (TPSA) is 135 Å². The number of anilines is 1. The van der Waals surface area contributed by atoms with Crippen LogP contribution in [0.25, 0.3) is 0 Å². The first-order valence-corrected chi connectivity index (χ1v) is 16.5. The van der Waals surface area contributed by atoms with E-state index in [4.69, 9.17) is 25.8 Å². The van der Waals surface area contributed by atoms with E-state index in [1.165, 1.54) is 16.9 Å². The van der Waals surface area contributed by atoms with Gasteiger partial charge in [-0.3, -0.25) is 19.2 Å². The van der Waals surface area contributed by atoms with Crippen LogP contribution in [0.15, 0.2) is 79.9 Å². The molecule has 3 saturated heterocycles. The van der Waals surface area contributed by atoms with E-state index in [2.05, 4.69) is 18.5 Å². The maximum Gasteiger partial charge on any atom is 0.313 e. The molecular weight excluding hydrogens is 638 g/mol. The van der Waals surface area contributed by atoms with Crippen LogP contribution >= 0.6 is 11.6 Å². The second-order valence-corrected chi connectivity index (χ2v) is 12.7. The van der Waals surface area contributed by atoms with Crippen LogP contribution < -0.4 is 10.2 Å². The molecule has 48 heavy (non-hydrogen) atoms. The summed E-state index contributed by atoms with van der Waals surface area (Å²) in [5.41, 5.74) is -0.128. The number of halogens is 1. The standard InChI is InChI=1S/C36H42ClN3O8/c1-4-6-12-28(42)38-26(22-46-3)31(23-10-8-7-9-11-23)47-35(45)29-27-17-18-36(48-27)30(29)33(43)40(20-21-41)32(36)34(44)39(19-5-2)25-15-13-24(37)14-16-25/h4-5,7-11,13-16,26-27,29-32,41H,1-2,6,12,17-22H2,3H3,(H,38,42)/t26-,27+,29-,30-,31-,32+,36-/m1/s1. The molecule has 0 aromatic heterocycles. The van der Waals surface area contributed by atoms with E-state index in [1.54, 1.807) is 60.7 Å². The summed E-state index contributed by atoms with van der Waals surface area (Å²) in [6.07, 6.45) is 3.08. The normalized spacial score (nSPS) is 25.2. The van der Waals surface area contributed by atoms with Gasteiger partial charge < -0.3 is 34.4 Å². The summed E-state index contributed by atoms with van der Waals surface area (Å²) in [7, 11) is 1.49. The van der Waals surface area contributed by atoms with Crippen molar-refractivity contribution in [1.82, 2.24) is 10.2 Å². The lowest BCUT2D eigenvalue weighted by molar-refractivity contribution is -0.163. The Morgan fingerprint density at radius 1 is 1.17 bits per heavy atom. The van der Waals surface area contributed by atoms with Crippen molar-refractivity contribution in [3.05, 3.63) is 90.5 Å². The van der Waals surface area contributed by atoms with E-state index in [1.807, 2.05) is 6.07 Å². The number of esters is 1. The first kappa shape index (κ1) is 35.3. The van der Waals surface area contributed by atoms with Gasteiger partial charge in [0.15, 0.2) is 0 Å². The van der Waals surface area contributed by atoms with Gasteiger partial charge in [-0.2, -0.15) is 0 Å². The Labute approximate surface area is 285 Å². The Morgan fingerprint density at radius 3 is 2.54 bits per heavy atom. The number of benzene rings is 2. The molecule has 12 heteroatoms. The number of allylic oxidation sites excluding steroid dienone is 1. The molecule has 3 amide bonds. The molecule has 2 N–H and O–H groups in total. The van der Waals surface area contributed by atoms with Crippen LogP contribution in [0, 0.1) is 11.8 Å². The van der Waals surface area contributed by atoms with Crippen LogP contribution in [0.1, 0.15) is 37.4 Å². The quantitative estimate of drug-likeness (QED) is 0.203. The van der Waals surface area contributed by atoms with Gasteiger partial charge in [-0.05, 0) is 49.1 Å². The Morgan fingerprint density at radius 2 is 1.90 bits per heavy atom. The predicted molar refractivity (Wildman–Crippen MR) is 179 cm³/mol. The second-order valence-electron chi connectivity index (χ2n) is 12.2. The molecule has 11 nitrogen and oxygen atoms in total. The molecule has 0 saturated carbocycles. The molecule has 3 aliphatic heterocycles. The Bertz CT molecular complexity index is 1500. The fraction of sp³-hybridized carbons (Fsp3) is 0.444. The highest BCUT2D eigenvalue weighted by Gasteiger charge is 2.75. The van der Waals surface area contributed by atoms with E-state index in [9.17, 15) is 24.3 Å². The summed E-state index contributed by atoms with van der Waals surface area (Å²) in [5.74, 6) is -3.83. The Hall–Kier alpha value is -4.03. The van der Waals surface area contributed by atoms with Crippen LogP contribution in [0.5, 0.6) is 0 Å². The van der Waals surface area contributed by atoms with Gasteiger partial charge in [0, 0.05) is 37.3 Å². The molecule has 3 aliphatic rings. The lowest BCUT2D eigenvalue weighted by Gasteiger charge is -2.36. The molecule has 3 fully saturated rings. The maximum atomic E-state index is 14.5. The lowest BCUT2D eigenvalue weighted by Crippen LogP contribution is -2.56. The summed E-state index contributed by atoms with van der Waals surface area (Å²) in [6, 6.07) is 13.9. The van der Waals surface area contributed by atoms with E-state index in [-0.39, 0.29) is 38.6 Å². The van der Waals surface area contributed by atoms with E-state index >= 15 is 0 Å². The summed E-state index contributed by atoms with van der Waals surface area (Å²) in [6.45, 7) is 7.17. The summed E-state index contributed by atoms with van der Waals surface area (Å²) in [5, 5.41) is 13.4. The fourth-order valence-electron chi connectivity index (χ4n) is 7.39. The number of carbonyl (C=O) groups is 4. The Kier molecular flexibility index (Phi) is 11.4. The molecule has 2 aromatic rings. The van der Waals surface area contributed by atoms with Crippen LogP contribution in [0.2, 0.25) is 5.02 Å². The third-order valence-corrected chi connectivity index (χ3v) is 9.62. The smallest absolute Gasteiger partial charge is 0.313 e. The van der Waals surface area contributed by atoms with E-state index in [0.717, 1.165) is 0 Å². The third kappa shape index (κ3) is 6.78. The largest absolute Gasteiger partial charge is 0.455 e. The molecule has 0 unspecified atom stereocenters. The molecule has 7 atom stereocenters. The van der Waals surface area contributed by atoms with Crippen molar-refractivity contribution in [3.63, 3.8) is 0 Å². The number of carbonyl (C=O) groups excluding carboxylic acids is 4. The number of nitrogens with zero attached hydrogens (tertiary/aromatic N) is 2. The number of ether oxygens (including phenoxy) is 3. The zero-order valence-electron chi connectivity index (χ0n) is 27.0. The molecule has 3 heterocycles. The van der Waals surface area contributed by atoms with Gasteiger partial charge in [0.25, 0.3) is 5.91 Å². The second kappa shape index (κ2) is 15.5. The number of β-amino-alcohol motifs (C(OH)–C–C–N with tert-alkyl or cyclic N) is 1. The van der Waals surface area contributed by atoms with E-state index in [0.29, 0.717) is 35.5 Å². The Balaban J connectivity index is 1.47. The summed E-state index contributed by atoms with van der Waals surface area (Å²) in [4.78, 5) is 58.6. The van der Waals surface area contributed by atoms with Gasteiger partial charge in [-0.1, -0.05) is 54.1 Å². The summed E-state index contributed by atoms with van der Waals surface area (Å²) < 4.78 is 18.2. The minimum Gasteiger partial charge on any atom is -0.455 e. The maximum absolute atomic E-state index is 14.5.